The van der Waals surface area contributed by atoms with Crippen LogP contribution in [0, 0.1) is 5.92 Å². The largest absolute Gasteiger partial charge is 0.344 e. The first-order valence-electron chi connectivity index (χ1n) is 12.8. The second-order valence-corrected chi connectivity index (χ2v) is 10.4. The van der Waals surface area contributed by atoms with Gasteiger partial charge in [-0.15, -0.1) is 0 Å². The van der Waals surface area contributed by atoms with Crippen molar-refractivity contribution in [3.63, 3.8) is 0 Å². The van der Waals surface area contributed by atoms with Crippen LogP contribution in [0.3, 0.4) is 0 Å². The lowest BCUT2D eigenvalue weighted by Crippen LogP contribution is -2.34. The first-order valence-corrected chi connectivity index (χ1v) is 13.6. The Morgan fingerprint density at radius 1 is 1.33 bits per heavy atom. The molecule has 2 rings (SSSR count). The number of hydrogen-bond donors (Lipinski definition) is 1. The van der Waals surface area contributed by atoms with Crippen molar-refractivity contribution in [2.75, 3.05) is 0 Å². The standard InChI is InChI=1S/C29H41F2N3OS/c1-9-13-22(21-15-16-21)17-23(14-10-2)27(19(5)11-3)36-25(12-4)20(6)32-28(35)24-18-26(29(7,30)31)33-34(24)8/h10,12-14,17-18,20-21H,9,11,15-16H2,1-8H3,(H,32,35)/b14-10-,22-13-,23-17+,25-12-,27-19?. The molecule has 1 aliphatic rings. The van der Waals surface area contributed by atoms with E-state index in [4.69, 9.17) is 0 Å². The van der Waals surface area contributed by atoms with Crippen LogP contribution < -0.4 is 5.32 Å². The van der Waals surface area contributed by atoms with Crippen LogP contribution in [0.2, 0.25) is 0 Å². The third kappa shape index (κ3) is 8.05. The molecule has 1 saturated carbocycles. The number of thioether (sulfide) groups is 1. The van der Waals surface area contributed by atoms with E-state index in [2.05, 4.69) is 55.5 Å². The van der Waals surface area contributed by atoms with Gasteiger partial charge in [0, 0.05) is 23.8 Å². The van der Waals surface area contributed by atoms with Crippen molar-refractivity contribution in [3.05, 3.63) is 74.4 Å². The average Bonchev–Trinajstić information content (AvgIpc) is 3.58. The zero-order chi connectivity index (χ0) is 27.0. The molecule has 0 radical (unpaired) electrons. The molecular formula is C29H41F2N3OS. The maximum Gasteiger partial charge on any atom is 0.288 e. The average molecular weight is 518 g/mol. The summed E-state index contributed by atoms with van der Waals surface area (Å²) in [6.07, 6.45) is 15.3. The number of carbonyl (C=O) groups is 1. The van der Waals surface area contributed by atoms with Gasteiger partial charge in [0.1, 0.15) is 11.4 Å². The number of allylic oxidation sites excluding steroid dienone is 8. The molecule has 4 nitrogen and oxygen atoms in total. The van der Waals surface area contributed by atoms with Gasteiger partial charge in [-0.25, -0.2) is 0 Å². The Bertz CT molecular complexity index is 1080. The molecule has 7 heteroatoms. The number of carbonyl (C=O) groups excluding carboxylic acids is 1. The minimum Gasteiger partial charge on any atom is -0.344 e. The molecule has 1 N–H and O–H groups in total. The molecule has 1 aromatic rings. The van der Waals surface area contributed by atoms with E-state index in [1.807, 2.05) is 26.8 Å². The monoisotopic (exact) mass is 517 g/mol. The van der Waals surface area contributed by atoms with Crippen LogP contribution in [0.15, 0.2) is 63.0 Å². The minimum absolute atomic E-state index is 0.104. The number of aromatic nitrogens is 2. The quantitative estimate of drug-likeness (QED) is 0.284. The molecule has 1 unspecified atom stereocenters. The van der Waals surface area contributed by atoms with E-state index in [1.54, 1.807) is 11.8 Å². The van der Waals surface area contributed by atoms with E-state index in [-0.39, 0.29) is 11.7 Å². The molecule has 1 heterocycles. The fourth-order valence-corrected chi connectivity index (χ4v) is 5.00. The van der Waals surface area contributed by atoms with Gasteiger partial charge >= 0.3 is 0 Å². The summed E-state index contributed by atoms with van der Waals surface area (Å²) in [5, 5.41) is 6.79. The number of alkyl halides is 2. The molecule has 1 atom stereocenters. The van der Waals surface area contributed by atoms with Gasteiger partial charge in [0.25, 0.3) is 11.8 Å². The van der Waals surface area contributed by atoms with Crippen molar-refractivity contribution >= 4 is 17.7 Å². The summed E-state index contributed by atoms with van der Waals surface area (Å²) in [6.45, 7) is 13.1. The number of nitrogens with one attached hydrogen (secondary N) is 1. The fourth-order valence-electron chi connectivity index (χ4n) is 3.85. The molecule has 198 valence electrons. The molecule has 36 heavy (non-hydrogen) atoms. The maximum absolute atomic E-state index is 13.7. The summed E-state index contributed by atoms with van der Waals surface area (Å²) >= 11 is 1.66. The van der Waals surface area contributed by atoms with Crippen LogP contribution in [-0.4, -0.2) is 21.7 Å². The predicted molar refractivity (Wildman–Crippen MR) is 148 cm³/mol. The number of rotatable bonds is 12. The first kappa shape index (κ1) is 29.8. The highest BCUT2D eigenvalue weighted by Crippen LogP contribution is 2.41. The second-order valence-electron chi connectivity index (χ2n) is 9.36. The molecule has 0 aliphatic heterocycles. The molecule has 0 bridgehead atoms. The molecule has 0 aromatic carbocycles. The van der Waals surface area contributed by atoms with Crippen LogP contribution >= 0.6 is 11.8 Å². The van der Waals surface area contributed by atoms with Crippen molar-refractivity contribution in [1.82, 2.24) is 15.1 Å². The topological polar surface area (TPSA) is 46.9 Å². The van der Waals surface area contributed by atoms with Crippen molar-refractivity contribution in [1.29, 1.82) is 0 Å². The molecular weight excluding hydrogens is 476 g/mol. The van der Waals surface area contributed by atoms with Gasteiger partial charge in [0.15, 0.2) is 0 Å². The highest BCUT2D eigenvalue weighted by Gasteiger charge is 2.30. The Balaban J connectivity index is 2.32. The number of amides is 1. The summed E-state index contributed by atoms with van der Waals surface area (Å²) < 4.78 is 28.6. The molecule has 0 saturated heterocycles. The van der Waals surface area contributed by atoms with E-state index in [9.17, 15) is 13.6 Å². The third-order valence-electron chi connectivity index (χ3n) is 6.18. The van der Waals surface area contributed by atoms with Crippen molar-refractivity contribution in [2.24, 2.45) is 13.0 Å². The van der Waals surface area contributed by atoms with Gasteiger partial charge in [0.2, 0.25) is 0 Å². The fraction of sp³-hybridized carbons (Fsp3) is 0.517. The van der Waals surface area contributed by atoms with Gasteiger partial charge in [-0.05, 0) is 76.5 Å². The van der Waals surface area contributed by atoms with E-state index in [0.717, 1.165) is 30.7 Å². The molecule has 1 aliphatic carbocycles. The van der Waals surface area contributed by atoms with Crippen LogP contribution in [0.25, 0.3) is 0 Å². The maximum atomic E-state index is 13.7. The number of hydrogen-bond acceptors (Lipinski definition) is 3. The highest BCUT2D eigenvalue weighted by atomic mass is 32.2. The zero-order valence-corrected chi connectivity index (χ0v) is 23.7. The highest BCUT2D eigenvalue weighted by molar-refractivity contribution is 8.07. The van der Waals surface area contributed by atoms with Crippen molar-refractivity contribution in [3.8, 4) is 0 Å². The summed E-state index contributed by atoms with van der Waals surface area (Å²) in [7, 11) is 1.50. The first-order chi connectivity index (χ1) is 17.0. The number of halogens is 2. The van der Waals surface area contributed by atoms with Gasteiger partial charge < -0.3 is 5.32 Å². The lowest BCUT2D eigenvalue weighted by Gasteiger charge is -2.21. The van der Waals surface area contributed by atoms with Crippen molar-refractivity contribution < 1.29 is 13.6 Å². The normalized spacial score (nSPS) is 17.4. The van der Waals surface area contributed by atoms with Crippen LogP contribution in [0.4, 0.5) is 8.78 Å². The molecule has 1 fully saturated rings. The Morgan fingerprint density at radius 3 is 2.47 bits per heavy atom. The Morgan fingerprint density at radius 2 is 2.00 bits per heavy atom. The zero-order valence-electron chi connectivity index (χ0n) is 22.9. The van der Waals surface area contributed by atoms with E-state index in [0.29, 0.717) is 5.92 Å². The van der Waals surface area contributed by atoms with Crippen LogP contribution in [0.5, 0.6) is 0 Å². The summed E-state index contributed by atoms with van der Waals surface area (Å²) in [5.41, 5.74) is 3.53. The predicted octanol–water partition coefficient (Wildman–Crippen LogP) is 8.22. The minimum atomic E-state index is -3.11. The lowest BCUT2D eigenvalue weighted by atomic mass is 10.0. The second kappa shape index (κ2) is 13.2. The summed E-state index contributed by atoms with van der Waals surface area (Å²) in [6, 6.07) is 0.845. The number of aryl methyl sites for hydroxylation is 1. The van der Waals surface area contributed by atoms with Gasteiger partial charge in [-0.3, -0.25) is 9.48 Å². The van der Waals surface area contributed by atoms with E-state index >= 15 is 0 Å². The Hall–Kier alpha value is -2.41. The summed E-state index contributed by atoms with van der Waals surface area (Å²) in [4.78, 5) is 15.1. The third-order valence-corrected chi connectivity index (χ3v) is 7.79. The van der Waals surface area contributed by atoms with Gasteiger partial charge in [0.05, 0.1) is 6.04 Å². The van der Waals surface area contributed by atoms with E-state index in [1.165, 1.54) is 46.2 Å². The van der Waals surface area contributed by atoms with Gasteiger partial charge in [-0.2, -0.15) is 13.9 Å². The van der Waals surface area contributed by atoms with Crippen molar-refractivity contribution in [2.45, 2.75) is 86.1 Å². The molecule has 1 amide bonds. The van der Waals surface area contributed by atoms with Gasteiger partial charge in [-0.1, -0.05) is 61.6 Å². The Kier molecular flexibility index (Phi) is 11.0. The smallest absolute Gasteiger partial charge is 0.288 e. The molecule has 0 spiro atoms. The number of nitrogens with zero attached hydrogens (tertiary/aromatic N) is 2. The summed E-state index contributed by atoms with van der Waals surface area (Å²) in [5.74, 6) is -2.89. The van der Waals surface area contributed by atoms with Crippen LogP contribution in [-0.2, 0) is 13.0 Å². The van der Waals surface area contributed by atoms with E-state index < -0.39 is 17.5 Å². The molecule has 1 aromatic heterocycles. The Labute approximate surface area is 219 Å². The van der Waals surface area contributed by atoms with Crippen LogP contribution in [0.1, 0.15) is 90.3 Å². The SMILES string of the molecule is C\C=C/C(=C\C(=C\CC)C1CC1)C(S/C(=C\C)C(C)NC(=O)c1cc(C(C)(F)F)nn1C)=C(C)CC. The lowest BCUT2D eigenvalue weighted by molar-refractivity contribution is 0.0122.